The van der Waals surface area contributed by atoms with Gasteiger partial charge in [0.15, 0.2) is 6.29 Å². The van der Waals surface area contributed by atoms with E-state index in [2.05, 4.69) is 4.98 Å². The molecule has 4 heteroatoms. The summed E-state index contributed by atoms with van der Waals surface area (Å²) >= 11 is 0. The highest BCUT2D eigenvalue weighted by Crippen LogP contribution is 2.19. The van der Waals surface area contributed by atoms with E-state index in [1.807, 2.05) is 0 Å². The molecular formula is C12H8FNO2. The first-order chi connectivity index (χ1) is 7.78. The predicted molar refractivity (Wildman–Crippen MR) is 56.1 cm³/mol. The molecule has 0 unspecified atom stereocenters. The Morgan fingerprint density at radius 2 is 2.00 bits per heavy atom. The molecule has 2 aromatic rings. The number of hydrogen-bond donors (Lipinski definition) is 0. The van der Waals surface area contributed by atoms with Crippen LogP contribution in [0.4, 0.5) is 4.39 Å². The van der Waals surface area contributed by atoms with E-state index in [0.717, 1.165) is 0 Å². The van der Waals surface area contributed by atoms with Gasteiger partial charge in [-0.3, -0.25) is 4.79 Å². The molecule has 0 aliphatic carbocycles. The summed E-state index contributed by atoms with van der Waals surface area (Å²) < 4.78 is 18.2. The van der Waals surface area contributed by atoms with Crippen LogP contribution in [0.3, 0.4) is 0 Å². The predicted octanol–water partition coefficient (Wildman–Crippen LogP) is 2.83. The van der Waals surface area contributed by atoms with E-state index in [-0.39, 0.29) is 17.4 Å². The zero-order valence-corrected chi connectivity index (χ0v) is 8.26. The molecule has 0 aliphatic heterocycles. The molecule has 1 aromatic heterocycles. The number of nitrogens with zero attached hydrogens (tertiary/aromatic N) is 1. The normalized spacial score (nSPS) is 9.81. The van der Waals surface area contributed by atoms with Crippen molar-refractivity contribution in [2.75, 3.05) is 0 Å². The maximum absolute atomic E-state index is 12.9. The third kappa shape index (κ3) is 2.42. The lowest BCUT2D eigenvalue weighted by atomic mass is 10.3. The van der Waals surface area contributed by atoms with Gasteiger partial charge in [0.05, 0.1) is 0 Å². The van der Waals surface area contributed by atoms with Gasteiger partial charge in [-0.25, -0.2) is 9.37 Å². The van der Waals surface area contributed by atoms with Crippen LogP contribution in [0.5, 0.6) is 11.6 Å². The molecule has 0 amide bonds. The first kappa shape index (κ1) is 10.3. The third-order valence-corrected chi connectivity index (χ3v) is 1.88. The van der Waals surface area contributed by atoms with Crippen molar-refractivity contribution in [1.29, 1.82) is 0 Å². The number of pyridine rings is 1. The molecule has 0 saturated carbocycles. The number of carbonyl (C=O) groups is 1. The van der Waals surface area contributed by atoms with Crippen LogP contribution in [-0.2, 0) is 0 Å². The number of hydrogen-bond acceptors (Lipinski definition) is 3. The first-order valence-electron chi connectivity index (χ1n) is 4.63. The summed E-state index contributed by atoms with van der Waals surface area (Å²) in [6.07, 6.45) is 0.623. The van der Waals surface area contributed by atoms with Crippen molar-refractivity contribution < 1.29 is 13.9 Å². The van der Waals surface area contributed by atoms with Gasteiger partial charge < -0.3 is 4.74 Å². The van der Waals surface area contributed by atoms with Crippen molar-refractivity contribution in [1.82, 2.24) is 4.98 Å². The maximum atomic E-state index is 12.9. The summed E-state index contributed by atoms with van der Waals surface area (Å²) in [4.78, 5) is 14.4. The molecule has 1 heterocycles. The molecule has 0 fully saturated rings. The van der Waals surface area contributed by atoms with E-state index < -0.39 is 0 Å². The van der Waals surface area contributed by atoms with Crippen molar-refractivity contribution in [2.45, 2.75) is 0 Å². The van der Waals surface area contributed by atoms with Crippen molar-refractivity contribution >= 4 is 6.29 Å². The summed E-state index contributed by atoms with van der Waals surface area (Å²) in [5.74, 6) is 0.217. The summed E-state index contributed by atoms with van der Waals surface area (Å²) in [6.45, 7) is 0. The maximum Gasteiger partial charge on any atom is 0.219 e. The topological polar surface area (TPSA) is 39.2 Å². The Bertz CT molecular complexity index is 514. The van der Waals surface area contributed by atoms with Crippen molar-refractivity contribution in [3.8, 4) is 11.6 Å². The molecular weight excluding hydrogens is 209 g/mol. The fourth-order valence-electron chi connectivity index (χ4n) is 1.20. The largest absolute Gasteiger partial charge is 0.439 e. The Balaban J connectivity index is 2.23. The average molecular weight is 217 g/mol. The molecule has 2 rings (SSSR count). The van der Waals surface area contributed by atoms with Crippen LogP contribution in [0.15, 0.2) is 42.5 Å². The second kappa shape index (κ2) is 4.53. The molecule has 1 aromatic carbocycles. The van der Waals surface area contributed by atoms with Crippen molar-refractivity contribution in [3.05, 3.63) is 54.0 Å². The third-order valence-electron chi connectivity index (χ3n) is 1.88. The number of benzene rings is 1. The summed E-state index contributed by atoms with van der Waals surface area (Å²) in [5, 5.41) is 0. The van der Waals surface area contributed by atoms with Crippen LogP contribution in [0.1, 0.15) is 10.5 Å². The van der Waals surface area contributed by atoms with Gasteiger partial charge >= 0.3 is 0 Å². The fraction of sp³-hybridized carbons (Fsp3) is 0. The SMILES string of the molecule is O=Cc1cccc(Oc2cccc(F)c2)n1. The lowest BCUT2D eigenvalue weighted by molar-refractivity contribution is 0.111. The molecule has 0 N–H and O–H groups in total. The highest BCUT2D eigenvalue weighted by molar-refractivity contribution is 5.71. The van der Waals surface area contributed by atoms with Gasteiger partial charge in [0.1, 0.15) is 17.3 Å². The van der Waals surface area contributed by atoms with Crippen LogP contribution < -0.4 is 4.74 Å². The Morgan fingerprint density at radius 3 is 2.75 bits per heavy atom. The minimum atomic E-state index is -0.385. The van der Waals surface area contributed by atoms with Gasteiger partial charge in [-0.05, 0) is 18.2 Å². The van der Waals surface area contributed by atoms with Gasteiger partial charge in [0.2, 0.25) is 5.88 Å². The molecule has 0 spiro atoms. The second-order valence-corrected chi connectivity index (χ2v) is 3.08. The number of carbonyl (C=O) groups excluding carboxylic acids is 1. The second-order valence-electron chi connectivity index (χ2n) is 3.08. The summed E-state index contributed by atoms with van der Waals surface area (Å²) in [7, 11) is 0. The van der Waals surface area contributed by atoms with Gasteiger partial charge in [-0.15, -0.1) is 0 Å². The first-order valence-corrected chi connectivity index (χ1v) is 4.63. The Labute approximate surface area is 91.5 Å². The van der Waals surface area contributed by atoms with Crippen LogP contribution in [-0.4, -0.2) is 11.3 Å². The average Bonchev–Trinajstić information content (AvgIpc) is 2.29. The van der Waals surface area contributed by atoms with E-state index in [4.69, 9.17) is 4.74 Å². The highest BCUT2D eigenvalue weighted by atomic mass is 19.1. The molecule has 0 saturated heterocycles. The van der Waals surface area contributed by atoms with E-state index in [1.54, 1.807) is 24.3 Å². The summed E-state index contributed by atoms with van der Waals surface area (Å²) in [6, 6.07) is 10.5. The molecule has 80 valence electrons. The van der Waals surface area contributed by atoms with E-state index in [1.165, 1.54) is 18.2 Å². The lowest BCUT2D eigenvalue weighted by Crippen LogP contribution is -1.91. The fourth-order valence-corrected chi connectivity index (χ4v) is 1.20. The standard InChI is InChI=1S/C12H8FNO2/c13-9-3-1-5-11(7-9)16-12-6-2-4-10(8-15)14-12/h1-8H. The van der Waals surface area contributed by atoms with Crippen LogP contribution in [0, 0.1) is 5.82 Å². The quantitative estimate of drug-likeness (QED) is 0.742. The van der Waals surface area contributed by atoms with Crippen LogP contribution >= 0.6 is 0 Å². The zero-order valence-electron chi connectivity index (χ0n) is 8.26. The summed E-state index contributed by atoms with van der Waals surface area (Å²) in [5.41, 5.74) is 0.272. The number of ether oxygens (including phenoxy) is 1. The molecule has 0 aliphatic rings. The Kier molecular flexibility index (Phi) is 2.91. The molecule has 0 bridgehead atoms. The minimum absolute atomic E-state index is 0.259. The van der Waals surface area contributed by atoms with Gasteiger partial charge in [-0.1, -0.05) is 12.1 Å². The van der Waals surface area contributed by atoms with Crippen LogP contribution in [0.25, 0.3) is 0 Å². The molecule has 0 radical (unpaired) electrons. The molecule has 3 nitrogen and oxygen atoms in total. The van der Waals surface area contributed by atoms with E-state index in [9.17, 15) is 9.18 Å². The number of halogens is 1. The van der Waals surface area contributed by atoms with Gasteiger partial charge in [0, 0.05) is 12.1 Å². The smallest absolute Gasteiger partial charge is 0.219 e. The number of aldehydes is 1. The van der Waals surface area contributed by atoms with Crippen molar-refractivity contribution in [2.24, 2.45) is 0 Å². The van der Waals surface area contributed by atoms with E-state index in [0.29, 0.717) is 12.0 Å². The highest BCUT2D eigenvalue weighted by Gasteiger charge is 2.00. The minimum Gasteiger partial charge on any atom is -0.439 e. The van der Waals surface area contributed by atoms with Gasteiger partial charge in [0.25, 0.3) is 0 Å². The lowest BCUT2D eigenvalue weighted by Gasteiger charge is -2.04. The monoisotopic (exact) mass is 217 g/mol. The molecule has 16 heavy (non-hydrogen) atoms. The Hall–Kier alpha value is -2.23. The number of aromatic nitrogens is 1. The zero-order chi connectivity index (χ0) is 11.4. The van der Waals surface area contributed by atoms with Crippen LogP contribution in [0.2, 0.25) is 0 Å². The molecule has 0 atom stereocenters. The van der Waals surface area contributed by atoms with Crippen molar-refractivity contribution in [3.63, 3.8) is 0 Å². The van der Waals surface area contributed by atoms with E-state index >= 15 is 0 Å². The van der Waals surface area contributed by atoms with Gasteiger partial charge in [-0.2, -0.15) is 0 Å². The number of rotatable bonds is 3. The Morgan fingerprint density at radius 1 is 1.19 bits per heavy atom.